The lowest BCUT2D eigenvalue weighted by Gasteiger charge is -2.40. The lowest BCUT2D eigenvalue weighted by molar-refractivity contribution is 0.0118. The Morgan fingerprint density at radius 3 is 1.84 bits per heavy atom. The summed E-state index contributed by atoms with van der Waals surface area (Å²) in [6, 6.07) is 30.3. The molecule has 9 nitrogen and oxygen atoms in total. The third-order valence-corrected chi connectivity index (χ3v) is 16.9. The summed E-state index contributed by atoms with van der Waals surface area (Å²) in [5.74, 6) is 0.261. The van der Waals surface area contributed by atoms with Crippen LogP contribution in [0.1, 0.15) is 141 Å². The van der Waals surface area contributed by atoms with E-state index in [4.69, 9.17) is 11.6 Å². The van der Waals surface area contributed by atoms with Crippen LogP contribution < -0.4 is 9.62 Å². The molecule has 0 amide bonds. The van der Waals surface area contributed by atoms with Crippen molar-refractivity contribution in [2.24, 2.45) is 0 Å². The second kappa shape index (κ2) is 25.6. The number of hydrogen-bond donors (Lipinski definition) is 2. The molecule has 4 aromatic carbocycles. The molecule has 1 atom stereocenters. The Hall–Kier alpha value is -3.26. The number of rotatable bonds is 18. The predicted molar refractivity (Wildman–Crippen MR) is 269 cm³/mol. The van der Waals surface area contributed by atoms with Gasteiger partial charge in [-0.05, 0) is 175 Å². The van der Waals surface area contributed by atoms with E-state index in [2.05, 4.69) is 41.7 Å². The summed E-state index contributed by atoms with van der Waals surface area (Å²) in [7, 11) is -6.59. The monoisotopic (exact) mass is 957 g/mol. The summed E-state index contributed by atoms with van der Waals surface area (Å²) < 4.78 is 70.2. The maximum absolute atomic E-state index is 12.4. The number of nitrogens with one attached hydrogen (secondary N) is 1. The van der Waals surface area contributed by atoms with E-state index in [1.165, 1.54) is 48.9 Å². The van der Waals surface area contributed by atoms with Crippen LogP contribution in [0.15, 0.2) is 102 Å². The van der Waals surface area contributed by atoms with Crippen LogP contribution in [0.4, 0.5) is 11.4 Å². The fourth-order valence-corrected chi connectivity index (χ4v) is 9.50. The molecule has 2 N–H and O–H groups in total. The molecule has 0 bridgehead atoms. The smallest absolute Gasteiger partial charge is 0.261 e. The van der Waals surface area contributed by atoms with Crippen molar-refractivity contribution >= 4 is 53.9 Å². The van der Waals surface area contributed by atoms with Gasteiger partial charge in [-0.25, -0.2) is 16.8 Å². The third-order valence-electron chi connectivity index (χ3n) is 11.5. The Balaban J connectivity index is 0.000000297. The summed E-state index contributed by atoms with van der Waals surface area (Å²) >= 11 is 4.05. The Labute approximate surface area is 394 Å². The van der Waals surface area contributed by atoms with Gasteiger partial charge in [-0.2, -0.15) is 0 Å². The van der Waals surface area contributed by atoms with Gasteiger partial charge in [0.05, 0.1) is 21.0 Å². The Kier molecular flexibility index (Phi) is 22.0. The average molecular weight is 959 g/mol. The van der Waals surface area contributed by atoms with E-state index in [9.17, 15) is 30.7 Å². The molecule has 0 aromatic heterocycles. The predicted octanol–water partition coefficient (Wildman–Crippen LogP) is 12.1. The van der Waals surface area contributed by atoms with Crippen LogP contribution in [0.2, 0.25) is 5.02 Å². The highest BCUT2D eigenvalue weighted by molar-refractivity contribution is 7.93. The average Bonchev–Trinajstić information content (AvgIpc) is 3.23. The topological polar surface area (TPSA) is 144 Å². The lowest BCUT2D eigenvalue weighted by Crippen LogP contribution is -2.42. The van der Waals surface area contributed by atoms with Crippen molar-refractivity contribution in [2.75, 3.05) is 28.5 Å². The molecule has 64 heavy (non-hydrogen) atoms. The maximum Gasteiger partial charge on any atom is 0.261 e. The Morgan fingerprint density at radius 1 is 0.750 bits per heavy atom. The van der Waals surface area contributed by atoms with Crippen LogP contribution >= 0.6 is 11.6 Å². The van der Waals surface area contributed by atoms with Crippen LogP contribution in [0, 0.1) is 6.92 Å². The highest BCUT2D eigenvalue weighted by atomic mass is 35.5. The first-order valence-electron chi connectivity index (χ1n) is 22.8. The van der Waals surface area contributed by atoms with Gasteiger partial charge < -0.3 is 14.6 Å². The standard InChI is InChI=1S/C24H32ClNO.C23H33NO4S2.C4H10O2S/c1-3-4-5-6-7-20-8-13-23(18-19(20)2)26-16-14-24(27,15-17-26)21-9-11-22(25)12-10-21;1-23(2,3)29(25,26)19-11-6-4-5-8-12-20-15-17-21(18-16-20)24-30(27,28)22-13-9-7-10-14-22;1-4(2,3)7(5)6/h8-13,18,27H,3-7,14-17H2,1-2H3;7,9-10,13-18,24H,4-6,8,11-12,19H2,1-3H3;1-3H3,(H,5,6)/p-1. The highest BCUT2D eigenvalue weighted by Crippen LogP contribution is 2.35. The van der Waals surface area contributed by atoms with Crippen molar-refractivity contribution in [3.63, 3.8) is 0 Å². The fraction of sp³-hybridized carbons (Fsp3) is 0.529. The number of nitrogens with zero attached hydrogens (tertiary/aromatic N) is 1. The minimum absolute atomic E-state index is 0.240. The van der Waals surface area contributed by atoms with Crippen molar-refractivity contribution < 1.29 is 30.7 Å². The van der Waals surface area contributed by atoms with Crippen molar-refractivity contribution in [3.05, 3.63) is 124 Å². The lowest BCUT2D eigenvalue weighted by atomic mass is 9.84. The Morgan fingerprint density at radius 2 is 1.30 bits per heavy atom. The quantitative estimate of drug-likeness (QED) is 0.0741. The van der Waals surface area contributed by atoms with E-state index in [1.807, 2.05) is 36.4 Å². The summed E-state index contributed by atoms with van der Waals surface area (Å²) in [4.78, 5) is 2.64. The van der Waals surface area contributed by atoms with Crippen molar-refractivity contribution in [1.29, 1.82) is 0 Å². The molecule has 356 valence electrons. The molecule has 1 saturated heterocycles. The number of anilines is 2. The van der Waals surface area contributed by atoms with Crippen molar-refractivity contribution in [3.8, 4) is 0 Å². The summed E-state index contributed by atoms with van der Waals surface area (Å²) in [5, 5.41) is 11.8. The molecule has 1 aliphatic heterocycles. The van der Waals surface area contributed by atoms with Crippen LogP contribution in [-0.4, -0.2) is 59.0 Å². The maximum atomic E-state index is 12.4. The van der Waals surface area contributed by atoms with Gasteiger partial charge in [-0.15, -0.1) is 0 Å². The second-order valence-electron chi connectivity index (χ2n) is 18.9. The Bertz CT molecular complexity index is 2230. The van der Waals surface area contributed by atoms with E-state index in [-0.39, 0.29) is 10.6 Å². The van der Waals surface area contributed by atoms with E-state index in [1.54, 1.807) is 84.0 Å². The number of piperidine rings is 1. The van der Waals surface area contributed by atoms with Gasteiger partial charge in [0.1, 0.15) is 0 Å². The molecule has 1 fully saturated rings. The second-order valence-corrected chi connectivity index (χ2v) is 25.5. The fourth-order valence-electron chi connectivity index (χ4n) is 7.09. The van der Waals surface area contributed by atoms with Crippen molar-refractivity contribution in [2.45, 2.75) is 159 Å². The molecular weight excluding hydrogens is 884 g/mol. The van der Waals surface area contributed by atoms with Crippen molar-refractivity contribution in [1.82, 2.24) is 0 Å². The third kappa shape index (κ3) is 18.6. The van der Waals surface area contributed by atoms with E-state index in [0.717, 1.165) is 75.6 Å². The minimum Gasteiger partial charge on any atom is -0.772 e. The molecule has 5 rings (SSSR count). The molecule has 1 heterocycles. The van der Waals surface area contributed by atoms with E-state index >= 15 is 0 Å². The van der Waals surface area contributed by atoms with Gasteiger partial charge in [0, 0.05) is 34.2 Å². The molecule has 0 spiro atoms. The zero-order chi connectivity index (χ0) is 47.6. The molecule has 1 aliphatic rings. The number of halogens is 1. The normalized spacial score (nSPS) is 14.7. The summed E-state index contributed by atoms with van der Waals surface area (Å²) in [6.45, 7) is 16.4. The molecule has 4 aromatic rings. The van der Waals surface area contributed by atoms with Crippen LogP contribution in [-0.2, 0) is 49.4 Å². The van der Waals surface area contributed by atoms with Crippen LogP contribution in [0.5, 0.6) is 0 Å². The van der Waals surface area contributed by atoms with Gasteiger partial charge in [-0.3, -0.25) is 8.93 Å². The first kappa shape index (κ1) is 55.1. The first-order chi connectivity index (χ1) is 30.0. The first-order valence-corrected chi connectivity index (χ1v) is 27.4. The zero-order valence-electron chi connectivity index (χ0n) is 39.5. The number of aliphatic hydroxyl groups is 1. The van der Waals surface area contributed by atoms with Gasteiger partial charge in [-0.1, -0.05) is 106 Å². The number of benzene rings is 4. The molecular formula is C51H74ClN2O7S3-. The molecule has 0 aliphatic carbocycles. The number of unbranched alkanes of at least 4 members (excludes halogenated alkanes) is 7. The van der Waals surface area contributed by atoms with Crippen LogP contribution in [0.25, 0.3) is 0 Å². The van der Waals surface area contributed by atoms with Gasteiger partial charge >= 0.3 is 0 Å². The zero-order valence-corrected chi connectivity index (χ0v) is 42.7. The highest BCUT2D eigenvalue weighted by Gasteiger charge is 2.34. The molecule has 0 radical (unpaired) electrons. The molecule has 1 unspecified atom stereocenters. The van der Waals surface area contributed by atoms with E-state index in [0.29, 0.717) is 10.7 Å². The molecule has 0 saturated carbocycles. The van der Waals surface area contributed by atoms with Gasteiger partial charge in [0.2, 0.25) is 0 Å². The minimum atomic E-state index is -3.57. The van der Waals surface area contributed by atoms with E-state index < -0.39 is 46.0 Å². The SMILES string of the molecule is CC(C)(C)S(=O)(=O)CCCCCCCc1ccc(NS(=O)(=O)c2ccccc2)cc1.CC(C)(C)S(=O)[O-].CCCCCCc1ccc(N2CCC(O)(c3ccc(Cl)cc3)CC2)cc1C. The number of sulfonamides is 1. The number of aryl methyl sites for hydroxylation is 3. The number of hydrogen-bond acceptors (Lipinski definition) is 8. The molecule has 13 heteroatoms. The summed E-state index contributed by atoms with van der Waals surface area (Å²) in [6.07, 6.45) is 13.6. The summed E-state index contributed by atoms with van der Waals surface area (Å²) in [5.41, 5.74) is 6.09. The van der Waals surface area contributed by atoms with Gasteiger partial charge in [0.25, 0.3) is 10.0 Å². The number of sulfone groups is 1. The van der Waals surface area contributed by atoms with Crippen LogP contribution in [0.3, 0.4) is 0 Å². The van der Waals surface area contributed by atoms with Gasteiger partial charge in [0.15, 0.2) is 9.84 Å². The largest absolute Gasteiger partial charge is 0.772 e.